The van der Waals surface area contributed by atoms with E-state index in [0.29, 0.717) is 6.54 Å². The van der Waals surface area contributed by atoms with Crippen LogP contribution in [-0.4, -0.2) is 78.2 Å². The van der Waals surface area contributed by atoms with Crippen LogP contribution in [0.25, 0.3) is 0 Å². The van der Waals surface area contributed by atoms with E-state index in [1.54, 1.807) is 12.4 Å². The summed E-state index contributed by atoms with van der Waals surface area (Å²) < 4.78 is 0. The molecule has 2 amide bonds. The molecular formula is C18H30N6O. The van der Waals surface area contributed by atoms with Gasteiger partial charge in [0.05, 0.1) is 0 Å². The fourth-order valence-electron chi connectivity index (χ4n) is 3.70. The number of aromatic nitrogens is 2. The number of carbonyl (C=O) groups excluding carboxylic acids is 1. The second-order valence-corrected chi connectivity index (χ2v) is 7.16. The van der Waals surface area contributed by atoms with Gasteiger partial charge in [-0.25, -0.2) is 14.8 Å². The van der Waals surface area contributed by atoms with Gasteiger partial charge in [0.15, 0.2) is 0 Å². The second kappa shape index (κ2) is 8.99. The van der Waals surface area contributed by atoms with Crippen molar-refractivity contribution in [1.82, 2.24) is 25.1 Å². The molecule has 0 radical (unpaired) electrons. The Morgan fingerprint density at radius 1 is 1.16 bits per heavy atom. The maximum Gasteiger partial charge on any atom is 0.317 e. The highest BCUT2D eigenvalue weighted by Gasteiger charge is 2.21. The molecule has 0 unspecified atom stereocenters. The molecule has 2 saturated heterocycles. The second-order valence-electron chi connectivity index (χ2n) is 7.16. The maximum absolute atomic E-state index is 12.4. The molecule has 0 spiro atoms. The largest absolute Gasteiger partial charge is 0.339 e. The maximum atomic E-state index is 12.4. The molecule has 0 aromatic carbocycles. The number of likely N-dealkylation sites (tertiary alicyclic amines) is 1. The monoisotopic (exact) mass is 346 g/mol. The molecule has 3 heterocycles. The van der Waals surface area contributed by atoms with Crippen LogP contribution in [0.4, 0.5) is 10.7 Å². The van der Waals surface area contributed by atoms with Crippen molar-refractivity contribution in [2.24, 2.45) is 5.92 Å². The molecule has 0 bridgehead atoms. The molecule has 0 aliphatic carbocycles. The fourth-order valence-corrected chi connectivity index (χ4v) is 3.70. The summed E-state index contributed by atoms with van der Waals surface area (Å²) in [4.78, 5) is 27.6. The number of nitrogens with zero attached hydrogens (tertiary/aromatic N) is 5. The summed E-state index contributed by atoms with van der Waals surface area (Å²) in [6.45, 7) is 9.48. The standard InChI is InChI=1S/C18H30N6O/c1-16-5-2-9-22(15-16)12-8-21-18(25)24-11-4-10-23(13-14-24)17-19-6-3-7-20-17/h3,6-7,16H,2,4-5,8-15H2,1H3,(H,21,25)/t16-/m0/s1. The first kappa shape index (κ1) is 17.9. The van der Waals surface area contributed by atoms with Crippen molar-refractivity contribution in [3.63, 3.8) is 0 Å². The van der Waals surface area contributed by atoms with Crippen molar-refractivity contribution in [3.8, 4) is 0 Å². The molecular weight excluding hydrogens is 316 g/mol. The highest BCUT2D eigenvalue weighted by Crippen LogP contribution is 2.14. The number of rotatable bonds is 4. The van der Waals surface area contributed by atoms with Gasteiger partial charge in [0.2, 0.25) is 5.95 Å². The van der Waals surface area contributed by atoms with Gasteiger partial charge in [-0.3, -0.25) is 0 Å². The van der Waals surface area contributed by atoms with Crippen LogP contribution in [0.3, 0.4) is 0 Å². The predicted octanol–water partition coefficient (Wildman–Crippen LogP) is 1.43. The van der Waals surface area contributed by atoms with Gasteiger partial charge in [-0.15, -0.1) is 0 Å². The Bertz CT molecular complexity index is 540. The number of anilines is 1. The summed E-state index contributed by atoms with van der Waals surface area (Å²) in [5.41, 5.74) is 0. The van der Waals surface area contributed by atoms with Gasteiger partial charge < -0.3 is 20.0 Å². The van der Waals surface area contributed by atoms with Crippen LogP contribution in [-0.2, 0) is 0 Å². The highest BCUT2D eigenvalue weighted by atomic mass is 16.2. The molecule has 1 N–H and O–H groups in total. The SMILES string of the molecule is C[C@H]1CCCN(CCNC(=O)N2CCCN(c3ncccn3)CC2)C1. The summed E-state index contributed by atoms with van der Waals surface area (Å²) >= 11 is 0. The van der Waals surface area contributed by atoms with Crippen molar-refractivity contribution in [1.29, 1.82) is 0 Å². The number of nitrogens with one attached hydrogen (secondary N) is 1. The third kappa shape index (κ3) is 5.29. The van der Waals surface area contributed by atoms with Crippen molar-refractivity contribution >= 4 is 12.0 Å². The quantitative estimate of drug-likeness (QED) is 0.893. The van der Waals surface area contributed by atoms with E-state index in [-0.39, 0.29) is 6.03 Å². The third-order valence-corrected chi connectivity index (χ3v) is 5.06. The lowest BCUT2D eigenvalue weighted by Gasteiger charge is -2.31. The van der Waals surface area contributed by atoms with Gasteiger partial charge in [0.25, 0.3) is 0 Å². The number of urea groups is 1. The molecule has 25 heavy (non-hydrogen) atoms. The van der Waals surface area contributed by atoms with Crippen LogP contribution < -0.4 is 10.2 Å². The Balaban J connectivity index is 1.40. The minimum atomic E-state index is 0.0564. The molecule has 138 valence electrons. The Labute approximate surface area is 150 Å². The van der Waals surface area contributed by atoms with E-state index in [4.69, 9.17) is 0 Å². The zero-order valence-electron chi connectivity index (χ0n) is 15.2. The van der Waals surface area contributed by atoms with Crippen LogP contribution in [0.15, 0.2) is 18.5 Å². The summed E-state index contributed by atoms with van der Waals surface area (Å²) in [6, 6.07) is 1.88. The highest BCUT2D eigenvalue weighted by molar-refractivity contribution is 5.74. The first-order chi connectivity index (χ1) is 12.2. The smallest absolute Gasteiger partial charge is 0.317 e. The normalized spacial score (nSPS) is 22.5. The Morgan fingerprint density at radius 3 is 2.80 bits per heavy atom. The molecule has 2 aliphatic heterocycles. The molecule has 1 aromatic heterocycles. The number of hydrogen-bond acceptors (Lipinski definition) is 5. The topological polar surface area (TPSA) is 64.6 Å². The average molecular weight is 346 g/mol. The molecule has 2 fully saturated rings. The lowest BCUT2D eigenvalue weighted by molar-refractivity contribution is 0.177. The van der Waals surface area contributed by atoms with Crippen LogP contribution in [0, 0.1) is 5.92 Å². The summed E-state index contributed by atoms with van der Waals surface area (Å²) in [5.74, 6) is 1.53. The molecule has 7 heteroatoms. The molecule has 3 rings (SSSR count). The number of piperidine rings is 1. The first-order valence-corrected chi connectivity index (χ1v) is 9.49. The van der Waals surface area contributed by atoms with Gasteiger partial charge in [0.1, 0.15) is 0 Å². The Hall–Kier alpha value is -1.89. The van der Waals surface area contributed by atoms with Gasteiger partial charge in [-0.05, 0) is 37.8 Å². The predicted molar refractivity (Wildman–Crippen MR) is 98.7 cm³/mol. The fraction of sp³-hybridized carbons (Fsp3) is 0.722. The van der Waals surface area contributed by atoms with Crippen molar-refractivity contribution in [2.45, 2.75) is 26.2 Å². The zero-order valence-corrected chi connectivity index (χ0v) is 15.2. The van der Waals surface area contributed by atoms with Crippen LogP contribution >= 0.6 is 0 Å². The van der Waals surface area contributed by atoms with Gasteiger partial charge in [-0.1, -0.05) is 6.92 Å². The van der Waals surface area contributed by atoms with Crippen LogP contribution in [0.1, 0.15) is 26.2 Å². The summed E-state index contributed by atoms with van der Waals surface area (Å²) in [7, 11) is 0. The van der Waals surface area contributed by atoms with Gasteiger partial charge in [0, 0.05) is 58.2 Å². The van der Waals surface area contributed by atoms with E-state index in [0.717, 1.165) is 64.1 Å². The number of amides is 2. The minimum absolute atomic E-state index is 0.0564. The third-order valence-electron chi connectivity index (χ3n) is 5.06. The van der Waals surface area contributed by atoms with Crippen molar-refractivity contribution in [2.75, 3.05) is 57.3 Å². The van der Waals surface area contributed by atoms with E-state index in [2.05, 4.69) is 32.0 Å². The molecule has 0 saturated carbocycles. The molecule has 1 atom stereocenters. The summed E-state index contributed by atoms with van der Waals surface area (Å²) in [5, 5.41) is 3.09. The van der Waals surface area contributed by atoms with Crippen molar-refractivity contribution in [3.05, 3.63) is 18.5 Å². The first-order valence-electron chi connectivity index (χ1n) is 9.49. The van der Waals surface area contributed by atoms with E-state index < -0.39 is 0 Å². The van der Waals surface area contributed by atoms with E-state index in [9.17, 15) is 4.79 Å². The Kier molecular flexibility index (Phi) is 6.44. The summed E-state index contributed by atoms with van der Waals surface area (Å²) in [6.07, 6.45) is 7.07. The van der Waals surface area contributed by atoms with Gasteiger partial charge >= 0.3 is 6.03 Å². The van der Waals surface area contributed by atoms with E-state index >= 15 is 0 Å². The molecule has 7 nitrogen and oxygen atoms in total. The number of carbonyl (C=O) groups is 1. The average Bonchev–Trinajstić information content (AvgIpc) is 2.89. The zero-order chi connectivity index (χ0) is 17.5. The van der Waals surface area contributed by atoms with E-state index in [1.165, 1.54) is 12.8 Å². The van der Waals surface area contributed by atoms with Crippen molar-refractivity contribution < 1.29 is 4.79 Å². The Morgan fingerprint density at radius 2 is 2.00 bits per heavy atom. The van der Waals surface area contributed by atoms with Crippen LogP contribution in [0.2, 0.25) is 0 Å². The van der Waals surface area contributed by atoms with Crippen LogP contribution in [0.5, 0.6) is 0 Å². The molecule has 1 aromatic rings. The number of hydrogen-bond donors (Lipinski definition) is 1. The van der Waals surface area contributed by atoms with E-state index in [1.807, 2.05) is 11.0 Å². The van der Waals surface area contributed by atoms with Gasteiger partial charge in [-0.2, -0.15) is 0 Å². The molecule has 2 aliphatic rings. The lowest BCUT2D eigenvalue weighted by Crippen LogP contribution is -2.45. The minimum Gasteiger partial charge on any atom is -0.339 e. The lowest BCUT2D eigenvalue weighted by atomic mass is 10.0.